The molecule has 0 radical (unpaired) electrons. The fourth-order valence-corrected chi connectivity index (χ4v) is 5.43. The van der Waals surface area contributed by atoms with Gasteiger partial charge in [0.15, 0.2) is 0 Å². The van der Waals surface area contributed by atoms with Gasteiger partial charge >= 0.3 is 5.97 Å². The van der Waals surface area contributed by atoms with Crippen LogP contribution in [-0.2, 0) is 17.0 Å². The number of nitrogens with zero attached hydrogens (tertiary/aromatic N) is 1. The Labute approximate surface area is 199 Å². The van der Waals surface area contributed by atoms with Gasteiger partial charge in [-0.25, -0.2) is 4.79 Å². The summed E-state index contributed by atoms with van der Waals surface area (Å²) >= 11 is 5.12. The zero-order chi connectivity index (χ0) is 22.8. The Morgan fingerprint density at radius 1 is 1.19 bits per heavy atom. The van der Waals surface area contributed by atoms with E-state index in [1.807, 2.05) is 43.3 Å². The lowest BCUT2D eigenvalue weighted by atomic mass is 10.0. The number of aromatic hydroxyl groups is 1. The summed E-state index contributed by atoms with van der Waals surface area (Å²) in [5, 5.41) is 13.9. The first-order valence-corrected chi connectivity index (χ1v) is 12.2. The second-order valence-electron chi connectivity index (χ2n) is 7.81. The third-order valence-corrected chi connectivity index (χ3v) is 6.97. The van der Waals surface area contributed by atoms with Gasteiger partial charge in [-0.3, -0.25) is 0 Å². The quantitative estimate of drug-likeness (QED) is 0.224. The monoisotopic (exact) mass is 512 g/mol. The predicted octanol–water partition coefficient (Wildman–Crippen LogP) is 6.32. The summed E-state index contributed by atoms with van der Waals surface area (Å²) in [5.74, 6) is 0.328. The fourth-order valence-electron chi connectivity index (χ4n) is 3.93. The highest BCUT2D eigenvalue weighted by atomic mass is 79.9. The number of aromatic amines is 1. The molecule has 0 bridgehead atoms. The summed E-state index contributed by atoms with van der Waals surface area (Å²) in [5.41, 5.74) is 2.77. The Balaban J connectivity index is 1.83. The number of hydrogen-bond acceptors (Lipinski definition) is 5. The van der Waals surface area contributed by atoms with E-state index in [-0.39, 0.29) is 18.3 Å². The van der Waals surface area contributed by atoms with E-state index in [1.165, 1.54) is 10.8 Å². The minimum Gasteiger partial charge on any atom is -0.506 e. The van der Waals surface area contributed by atoms with Gasteiger partial charge in [-0.2, -0.15) is 0 Å². The Kier molecular flexibility index (Phi) is 6.79. The summed E-state index contributed by atoms with van der Waals surface area (Å²) in [6.45, 7) is 2.57. The van der Waals surface area contributed by atoms with Crippen LogP contribution in [0.25, 0.3) is 21.7 Å². The molecule has 0 aliphatic rings. The van der Waals surface area contributed by atoms with Crippen LogP contribution in [0.1, 0.15) is 28.5 Å². The highest BCUT2D eigenvalue weighted by Gasteiger charge is 2.25. The molecule has 0 aliphatic heterocycles. The van der Waals surface area contributed by atoms with Gasteiger partial charge in [0.05, 0.1) is 16.6 Å². The highest BCUT2D eigenvalue weighted by Crippen LogP contribution is 2.40. The van der Waals surface area contributed by atoms with Crippen LogP contribution in [0.2, 0.25) is 0 Å². The molecule has 3 aromatic carbocycles. The average molecular weight is 513 g/mol. The number of rotatable bonds is 7. The smallest absolute Gasteiger partial charge is 0.340 e. The first-order chi connectivity index (χ1) is 15.4. The van der Waals surface area contributed by atoms with E-state index in [1.54, 1.807) is 18.7 Å². The molecule has 7 heteroatoms. The summed E-state index contributed by atoms with van der Waals surface area (Å²) < 4.78 is 6.00. The first-order valence-electron chi connectivity index (χ1n) is 10.4. The second kappa shape index (κ2) is 9.57. The molecule has 0 saturated carbocycles. The van der Waals surface area contributed by atoms with Crippen LogP contribution >= 0.6 is 27.7 Å². The van der Waals surface area contributed by atoms with Gasteiger partial charge in [0.1, 0.15) is 5.75 Å². The van der Waals surface area contributed by atoms with Gasteiger partial charge in [0.25, 0.3) is 0 Å². The number of hydrogen-bond donors (Lipinski definition) is 2. The van der Waals surface area contributed by atoms with Crippen LogP contribution in [0.15, 0.2) is 57.9 Å². The molecule has 0 aliphatic carbocycles. The lowest BCUT2D eigenvalue weighted by Crippen LogP contribution is -2.13. The third-order valence-electron chi connectivity index (χ3n) is 5.27. The zero-order valence-corrected chi connectivity index (χ0v) is 20.6. The van der Waals surface area contributed by atoms with E-state index in [4.69, 9.17) is 4.74 Å². The number of carbonyl (C=O) groups is 1. The lowest BCUT2D eigenvalue weighted by molar-refractivity contribution is 0.0527. The maximum Gasteiger partial charge on any atom is 0.340 e. The molecule has 1 heterocycles. The van der Waals surface area contributed by atoms with Crippen LogP contribution in [-0.4, -0.2) is 41.7 Å². The molecule has 0 amide bonds. The van der Waals surface area contributed by atoms with Gasteiger partial charge in [-0.15, -0.1) is 11.8 Å². The second-order valence-corrected chi connectivity index (χ2v) is 9.68. The number of ether oxygens (including phenoxy) is 1. The molecule has 0 fully saturated rings. The number of thioether (sulfide) groups is 1. The largest absolute Gasteiger partial charge is 0.506 e. The molecule has 4 aromatic rings. The molecular weight excluding hydrogens is 488 g/mol. The zero-order valence-electron chi connectivity index (χ0n) is 18.2. The fraction of sp³-hybridized carbons (Fsp3) is 0.240. The number of aromatic nitrogens is 1. The first kappa shape index (κ1) is 22.7. The van der Waals surface area contributed by atoms with Crippen LogP contribution < -0.4 is 0 Å². The number of carbonyl (C=O) groups excluding carboxylic acids is 1. The highest BCUT2D eigenvalue weighted by molar-refractivity contribution is 9.10. The van der Waals surface area contributed by atoms with Crippen molar-refractivity contribution in [2.45, 2.75) is 24.1 Å². The molecule has 4 rings (SSSR count). The van der Waals surface area contributed by atoms with E-state index >= 15 is 0 Å². The van der Waals surface area contributed by atoms with Crippen LogP contribution in [0.5, 0.6) is 5.75 Å². The topological polar surface area (TPSA) is 65.6 Å². The van der Waals surface area contributed by atoms with Crippen molar-refractivity contribution in [3.8, 4) is 5.75 Å². The number of benzene rings is 3. The Morgan fingerprint density at radius 3 is 2.69 bits per heavy atom. The number of phenolic OH excluding ortho intramolecular Hbond substituents is 1. The van der Waals surface area contributed by atoms with Crippen LogP contribution in [0, 0.1) is 0 Å². The molecule has 2 N–H and O–H groups in total. The molecule has 5 nitrogen and oxygen atoms in total. The summed E-state index contributed by atoms with van der Waals surface area (Å²) in [7, 11) is 3.86. The molecule has 166 valence electrons. The average Bonchev–Trinajstić information content (AvgIpc) is 3.13. The predicted molar refractivity (Wildman–Crippen MR) is 135 cm³/mol. The minimum absolute atomic E-state index is 0.143. The maximum absolute atomic E-state index is 13.0. The number of nitrogens with one attached hydrogen (secondary N) is 1. The summed E-state index contributed by atoms with van der Waals surface area (Å²) in [4.78, 5) is 19.6. The SMILES string of the molecule is CCOC(=O)c1c(CSc2cccc3ccccc23)[nH]c2cc(Br)c(O)c(CN(C)C)c12. The third kappa shape index (κ3) is 4.37. The summed E-state index contributed by atoms with van der Waals surface area (Å²) in [6, 6.07) is 16.3. The van der Waals surface area contributed by atoms with Gasteiger partial charge in [0, 0.05) is 39.4 Å². The van der Waals surface area contributed by atoms with E-state index in [2.05, 4.69) is 45.2 Å². The van der Waals surface area contributed by atoms with E-state index < -0.39 is 0 Å². The standard InChI is InChI=1S/C25H25BrN2O3S/c1-4-31-25(30)23-20(14-32-21-11-7-9-15-8-5-6-10-16(15)21)27-19-12-18(26)24(29)17(22(19)23)13-28(2)3/h5-12,27,29H,4,13-14H2,1-3H3. The number of halogens is 1. The molecule has 32 heavy (non-hydrogen) atoms. The van der Waals surface area contributed by atoms with Crippen LogP contribution in [0.4, 0.5) is 0 Å². The van der Waals surface area contributed by atoms with E-state index in [0.717, 1.165) is 16.1 Å². The maximum atomic E-state index is 13.0. The molecule has 0 unspecified atom stereocenters. The van der Waals surface area contributed by atoms with Crippen molar-refractivity contribution in [3.63, 3.8) is 0 Å². The molecule has 0 saturated heterocycles. The van der Waals surface area contributed by atoms with Crippen molar-refractivity contribution in [2.24, 2.45) is 0 Å². The molecule has 1 aromatic heterocycles. The van der Waals surface area contributed by atoms with Gasteiger partial charge in [-0.05, 0) is 59.9 Å². The minimum atomic E-state index is -0.381. The van der Waals surface area contributed by atoms with Crippen molar-refractivity contribution < 1.29 is 14.6 Å². The van der Waals surface area contributed by atoms with Crippen molar-refractivity contribution in [1.29, 1.82) is 0 Å². The number of esters is 1. The Morgan fingerprint density at radius 2 is 1.94 bits per heavy atom. The molecular formula is C25H25BrN2O3S. The number of phenols is 1. The molecule has 0 spiro atoms. The van der Waals surface area contributed by atoms with Gasteiger partial charge < -0.3 is 19.7 Å². The molecule has 0 atom stereocenters. The lowest BCUT2D eigenvalue weighted by Gasteiger charge is -2.15. The number of fused-ring (bicyclic) bond motifs is 2. The normalized spacial score (nSPS) is 11.5. The number of H-pyrrole nitrogens is 1. The summed E-state index contributed by atoms with van der Waals surface area (Å²) in [6.07, 6.45) is 0. The van der Waals surface area contributed by atoms with Crippen molar-refractivity contribution >= 4 is 55.3 Å². The van der Waals surface area contributed by atoms with Crippen LogP contribution in [0.3, 0.4) is 0 Å². The van der Waals surface area contributed by atoms with Crippen molar-refractivity contribution in [3.05, 3.63) is 69.8 Å². The Bertz CT molecular complexity index is 1290. The van der Waals surface area contributed by atoms with E-state index in [9.17, 15) is 9.90 Å². The Hall–Kier alpha value is -2.48. The van der Waals surface area contributed by atoms with Crippen molar-refractivity contribution in [1.82, 2.24) is 9.88 Å². The van der Waals surface area contributed by atoms with Gasteiger partial charge in [0.2, 0.25) is 0 Å². The van der Waals surface area contributed by atoms with E-state index in [0.29, 0.717) is 33.3 Å². The van der Waals surface area contributed by atoms with Gasteiger partial charge in [-0.1, -0.05) is 36.4 Å². The van der Waals surface area contributed by atoms with Crippen molar-refractivity contribution in [2.75, 3.05) is 20.7 Å².